The van der Waals surface area contributed by atoms with Crippen LogP contribution in [-0.2, 0) is 12.4 Å². The highest BCUT2D eigenvalue weighted by molar-refractivity contribution is 9.10. The molecule has 0 aromatic heterocycles. The summed E-state index contributed by atoms with van der Waals surface area (Å²) in [4.78, 5) is 9.10. The maximum Gasteiger partial charge on any atom is 0.417 e. The molecule has 1 rings (SSSR count). The Morgan fingerprint density at radius 3 is 1.89 bits per heavy atom. The molecule has 0 heterocycles. The van der Waals surface area contributed by atoms with Crippen molar-refractivity contribution in [3.05, 3.63) is 37.8 Å². The largest absolute Gasteiger partial charge is 0.417 e. The molecule has 0 N–H and O–H groups in total. The molecule has 0 fully saturated rings. The zero-order chi connectivity index (χ0) is 14.3. The summed E-state index contributed by atoms with van der Waals surface area (Å²) in [7, 11) is 0. The van der Waals surface area contributed by atoms with Crippen LogP contribution >= 0.6 is 15.9 Å². The molecule has 0 saturated heterocycles. The molecule has 100 valence electrons. The minimum absolute atomic E-state index is 0.0410. The standard InChI is InChI=1S/C8H2BrF6NO2/c9-6-4(8(13,14)15)1-3(7(10,11)12)2-5(6)16(17)18/h1-2H. The molecule has 1 aromatic rings. The van der Waals surface area contributed by atoms with Crippen molar-refractivity contribution < 1.29 is 31.3 Å². The molecule has 0 unspecified atom stereocenters. The topological polar surface area (TPSA) is 43.1 Å². The van der Waals surface area contributed by atoms with Gasteiger partial charge in [-0.3, -0.25) is 10.1 Å². The van der Waals surface area contributed by atoms with Gasteiger partial charge in [0.05, 0.1) is 16.1 Å². The van der Waals surface area contributed by atoms with Crippen LogP contribution in [0.4, 0.5) is 32.0 Å². The zero-order valence-electron chi connectivity index (χ0n) is 8.06. The van der Waals surface area contributed by atoms with E-state index in [0.29, 0.717) is 0 Å². The Labute approximate surface area is 104 Å². The predicted molar refractivity (Wildman–Crippen MR) is 50.8 cm³/mol. The number of nitro benzene ring substituents is 1. The number of hydrogen-bond acceptors (Lipinski definition) is 2. The first kappa shape index (κ1) is 14.7. The Morgan fingerprint density at radius 2 is 1.56 bits per heavy atom. The van der Waals surface area contributed by atoms with Gasteiger partial charge in [-0.2, -0.15) is 26.3 Å². The van der Waals surface area contributed by atoms with Crippen LogP contribution in [0, 0.1) is 10.1 Å². The molecule has 0 aliphatic carbocycles. The summed E-state index contributed by atoms with van der Waals surface area (Å²) in [6.45, 7) is 0. The minimum Gasteiger partial charge on any atom is -0.258 e. The van der Waals surface area contributed by atoms with Crippen LogP contribution in [0.3, 0.4) is 0 Å². The third-order valence-electron chi connectivity index (χ3n) is 1.88. The molecule has 10 heteroatoms. The van der Waals surface area contributed by atoms with E-state index in [-0.39, 0.29) is 12.1 Å². The summed E-state index contributed by atoms with van der Waals surface area (Å²) in [5, 5.41) is 10.4. The number of alkyl halides is 6. The van der Waals surface area contributed by atoms with Crippen molar-refractivity contribution in [3.8, 4) is 0 Å². The zero-order valence-corrected chi connectivity index (χ0v) is 9.65. The van der Waals surface area contributed by atoms with E-state index in [1.54, 1.807) is 0 Å². The number of halogens is 7. The van der Waals surface area contributed by atoms with Gasteiger partial charge >= 0.3 is 12.4 Å². The van der Waals surface area contributed by atoms with Gasteiger partial charge in [0.1, 0.15) is 4.47 Å². The minimum atomic E-state index is -5.13. The van der Waals surface area contributed by atoms with Gasteiger partial charge in [0.15, 0.2) is 0 Å². The summed E-state index contributed by atoms with van der Waals surface area (Å²) in [5.74, 6) is 0. The summed E-state index contributed by atoms with van der Waals surface area (Å²) in [6.07, 6.45) is -10.2. The molecule has 0 amide bonds. The molecule has 0 aliphatic heterocycles. The van der Waals surface area contributed by atoms with Crippen LogP contribution in [0.2, 0.25) is 0 Å². The molecule has 0 atom stereocenters. The fourth-order valence-electron chi connectivity index (χ4n) is 1.11. The van der Waals surface area contributed by atoms with E-state index in [0.717, 1.165) is 0 Å². The number of nitrogens with zero attached hydrogens (tertiary/aromatic N) is 1. The number of rotatable bonds is 1. The van der Waals surface area contributed by atoms with E-state index < -0.39 is 38.6 Å². The fraction of sp³-hybridized carbons (Fsp3) is 0.250. The number of hydrogen-bond donors (Lipinski definition) is 0. The Hall–Kier alpha value is -1.32. The predicted octanol–water partition coefficient (Wildman–Crippen LogP) is 4.39. The van der Waals surface area contributed by atoms with Crippen LogP contribution in [0.1, 0.15) is 11.1 Å². The Morgan fingerprint density at radius 1 is 1.06 bits per heavy atom. The van der Waals surface area contributed by atoms with Crippen LogP contribution in [0.15, 0.2) is 16.6 Å². The van der Waals surface area contributed by atoms with E-state index in [4.69, 9.17) is 0 Å². The third kappa shape index (κ3) is 2.92. The van der Waals surface area contributed by atoms with Crippen molar-refractivity contribution in [1.82, 2.24) is 0 Å². The molecular weight excluding hydrogens is 336 g/mol. The van der Waals surface area contributed by atoms with E-state index in [9.17, 15) is 36.5 Å². The normalized spacial score (nSPS) is 12.6. The first-order valence-corrected chi connectivity index (χ1v) is 4.86. The highest BCUT2D eigenvalue weighted by atomic mass is 79.9. The van der Waals surface area contributed by atoms with Gasteiger partial charge in [-0.1, -0.05) is 0 Å². The first-order valence-electron chi connectivity index (χ1n) is 4.07. The smallest absolute Gasteiger partial charge is 0.258 e. The summed E-state index contributed by atoms with van der Waals surface area (Å²) in [5.41, 5.74) is -4.77. The third-order valence-corrected chi connectivity index (χ3v) is 2.72. The molecule has 0 saturated carbocycles. The van der Waals surface area contributed by atoms with Crippen LogP contribution in [0.25, 0.3) is 0 Å². The lowest BCUT2D eigenvalue weighted by Gasteiger charge is -2.13. The molecule has 0 radical (unpaired) electrons. The van der Waals surface area contributed by atoms with Crippen molar-refractivity contribution in [2.45, 2.75) is 12.4 Å². The van der Waals surface area contributed by atoms with E-state index in [2.05, 4.69) is 15.9 Å². The fourth-order valence-corrected chi connectivity index (χ4v) is 1.71. The lowest BCUT2D eigenvalue weighted by atomic mass is 10.1. The van der Waals surface area contributed by atoms with Gasteiger partial charge in [-0.15, -0.1) is 0 Å². The SMILES string of the molecule is O=[N+]([O-])c1cc(C(F)(F)F)cc(C(F)(F)F)c1Br. The Bertz CT molecular complexity index is 496. The number of nitro groups is 1. The lowest BCUT2D eigenvalue weighted by molar-refractivity contribution is -0.386. The van der Waals surface area contributed by atoms with Gasteiger partial charge in [-0.25, -0.2) is 0 Å². The van der Waals surface area contributed by atoms with Crippen LogP contribution in [-0.4, -0.2) is 4.92 Å². The average Bonchev–Trinajstić information content (AvgIpc) is 2.13. The molecule has 0 spiro atoms. The van der Waals surface area contributed by atoms with E-state index in [1.165, 1.54) is 0 Å². The Balaban J connectivity index is 3.63. The molecule has 0 bridgehead atoms. The quantitative estimate of drug-likeness (QED) is 0.433. The molecule has 18 heavy (non-hydrogen) atoms. The first-order chi connectivity index (χ1) is 7.94. The Kier molecular flexibility index (Phi) is 3.61. The summed E-state index contributed by atoms with van der Waals surface area (Å²) < 4.78 is 73.3. The van der Waals surface area contributed by atoms with Crippen molar-refractivity contribution in [2.75, 3.05) is 0 Å². The average molecular weight is 338 g/mol. The van der Waals surface area contributed by atoms with Gasteiger partial charge in [0.2, 0.25) is 0 Å². The van der Waals surface area contributed by atoms with Crippen LogP contribution in [0.5, 0.6) is 0 Å². The van der Waals surface area contributed by atoms with Gasteiger partial charge in [-0.05, 0) is 22.0 Å². The highest BCUT2D eigenvalue weighted by Gasteiger charge is 2.41. The molecule has 3 nitrogen and oxygen atoms in total. The second kappa shape index (κ2) is 4.41. The van der Waals surface area contributed by atoms with Gasteiger partial charge in [0, 0.05) is 6.07 Å². The summed E-state index contributed by atoms with van der Waals surface area (Å²) in [6, 6.07) is -0.142. The lowest BCUT2D eigenvalue weighted by Crippen LogP contribution is -2.12. The van der Waals surface area contributed by atoms with Gasteiger partial charge < -0.3 is 0 Å². The monoisotopic (exact) mass is 337 g/mol. The second-order valence-electron chi connectivity index (χ2n) is 3.11. The molecular formula is C8H2BrF6NO2. The van der Waals surface area contributed by atoms with Crippen LogP contribution < -0.4 is 0 Å². The van der Waals surface area contributed by atoms with E-state index >= 15 is 0 Å². The second-order valence-corrected chi connectivity index (χ2v) is 3.90. The van der Waals surface area contributed by atoms with E-state index in [1.807, 2.05) is 0 Å². The van der Waals surface area contributed by atoms with Crippen molar-refractivity contribution in [2.24, 2.45) is 0 Å². The maximum absolute atomic E-state index is 12.4. The highest BCUT2D eigenvalue weighted by Crippen LogP contribution is 2.43. The maximum atomic E-state index is 12.4. The van der Waals surface area contributed by atoms with Crippen molar-refractivity contribution >= 4 is 21.6 Å². The van der Waals surface area contributed by atoms with Crippen molar-refractivity contribution in [3.63, 3.8) is 0 Å². The number of benzene rings is 1. The van der Waals surface area contributed by atoms with Crippen molar-refractivity contribution in [1.29, 1.82) is 0 Å². The van der Waals surface area contributed by atoms with Gasteiger partial charge in [0.25, 0.3) is 5.69 Å². The summed E-state index contributed by atoms with van der Waals surface area (Å²) >= 11 is 2.29. The molecule has 1 aromatic carbocycles. The molecule has 0 aliphatic rings.